The minimum atomic E-state index is -3.57. The van der Waals surface area contributed by atoms with Crippen LogP contribution in [0.1, 0.15) is 48.9 Å². The molecule has 1 aromatic rings. The van der Waals surface area contributed by atoms with E-state index in [0.717, 1.165) is 19.3 Å². The van der Waals surface area contributed by atoms with E-state index in [4.69, 9.17) is 0 Å². The van der Waals surface area contributed by atoms with Gasteiger partial charge in [-0.1, -0.05) is 6.42 Å². The predicted octanol–water partition coefficient (Wildman–Crippen LogP) is 1.44. The van der Waals surface area contributed by atoms with Gasteiger partial charge in [0.1, 0.15) is 0 Å². The second kappa shape index (κ2) is 5.62. The van der Waals surface area contributed by atoms with Crippen molar-refractivity contribution in [1.29, 1.82) is 0 Å². The summed E-state index contributed by atoms with van der Waals surface area (Å²) < 4.78 is 25.5. The van der Waals surface area contributed by atoms with E-state index in [1.807, 2.05) is 0 Å². The molecular weight excluding hydrogens is 302 g/mol. The molecule has 0 unspecified atom stereocenters. The van der Waals surface area contributed by atoms with Gasteiger partial charge in [0.25, 0.3) is 15.9 Å². The Morgan fingerprint density at radius 2 is 2.00 bits per heavy atom. The van der Waals surface area contributed by atoms with Crippen LogP contribution in [-0.4, -0.2) is 31.9 Å². The van der Waals surface area contributed by atoms with Crippen LogP contribution in [0, 0.1) is 5.92 Å². The average Bonchev–Trinajstić information content (AvgIpc) is 2.43. The van der Waals surface area contributed by atoms with Crippen LogP contribution in [0.15, 0.2) is 23.4 Å². The molecular formula is C15H21N3O3S. The first kappa shape index (κ1) is 15.4. The number of carbonyl (C=O) groups excluding carboxylic acids is 1. The van der Waals surface area contributed by atoms with Gasteiger partial charge >= 0.3 is 0 Å². The van der Waals surface area contributed by atoms with E-state index in [1.165, 1.54) is 44.6 Å². The largest absolute Gasteiger partial charge is 0.346 e. The fourth-order valence-electron chi connectivity index (χ4n) is 3.23. The van der Waals surface area contributed by atoms with Gasteiger partial charge in [0.2, 0.25) is 0 Å². The summed E-state index contributed by atoms with van der Waals surface area (Å²) in [5.41, 5.74) is 0.367. The predicted molar refractivity (Wildman–Crippen MR) is 81.9 cm³/mol. The van der Waals surface area contributed by atoms with Crippen LogP contribution in [0.4, 0.5) is 0 Å². The molecule has 0 atom stereocenters. The minimum absolute atomic E-state index is 0.0367. The van der Waals surface area contributed by atoms with Crippen LogP contribution in [0.25, 0.3) is 0 Å². The molecule has 3 rings (SSSR count). The maximum atomic E-state index is 12.4. The van der Waals surface area contributed by atoms with E-state index in [9.17, 15) is 13.2 Å². The molecule has 1 heterocycles. The number of sulfonamides is 1. The quantitative estimate of drug-likeness (QED) is 0.858. The van der Waals surface area contributed by atoms with Crippen molar-refractivity contribution in [3.63, 3.8) is 0 Å². The topological polar surface area (TPSA) is 88.2 Å². The Morgan fingerprint density at radius 1 is 1.27 bits per heavy atom. The Morgan fingerprint density at radius 3 is 2.41 bits per heavy atom. The zero-order valence-corrected chi connectivity index (χ0v) is 13.4. The number of amides is 1. The van der Waals surface area contributed by atoms with Crippen LogP contribution in [0.3, 0.4) is 0 Å². The lowest BCUT2D eigenvalue weighted by molar-refractivity contribution is 0.0429. The monoisotopic (exact) mass is 323 g/mol. The lowest BCUT2D eigenvalue weighted by Crippen LogP contribution is -2.60. The van der Waals surface area contributed by atoms with E-state index in [0.29, 0.717) is 11.5 Å². The fraction of sp³-hybridized carbons (Fsp3) is 0.600. The molecule has 7 heteroatoms. The van der Waals surface area contributed by atoms with Crippen molar-refractivity contribution >= 4 is 15.9 Å². The number of nitrogens with one attached hydrogen (secondary N) is 2. The van der Waals surface area contributed by atoms with Gasteiger partial charge in [-0.25, -0.2) is 18.1 Å². The maximum absolute atomic E-state index is 12.4. The van der Waals surface area contributed by atoms with Gasteiger partial charge in [0, 0.05) is 11.7 Å². The molecule has 0 radical (unpaired) electrons. The highest BCUT2D eigenvalue weighted by atomic mass is 32.2. The number of hydrogen-bond donors (Lipinski definition) is 2. The lowest BCUT2D eigenvalue weighted by Gasteiger charge is -2.52. The molecule has 2 saturated carbocycles. The van der Waals surface area contributed by atoms with Gasteiger partial charge in [-0.2, -0.15) is 0 Å². The number of hydrogen-bond acceptors (Lipinski definition) is 4. The summed E-state index contributed by atoms with van der Waals surface area (Å²) in [6.45, 7) is 0. The van der Waals surface area contributed by atoms with Crippen LogP contribution in [0.2, 0.25) is 0 Å². The van der Waals surface area contributed by atoms with E-state index >= 15 is 0 Å². The van der Waals surface area contributed by atoms with Crippen molar-refractivity contribution in [3.05, 3.63) is 23.9 Å². The van der Waals surface area contributed by atoms with Gasteiger partial charge in [-0.15, -0.1) is 0 Å². The Balaban J connectivity index is 1.72. The minimum Gasteiger partial charge on any atom is -0.346 e. The molecule has 1 amide bonds. The number of pyridine rings is 1. The number of aromatic nitrogens is 1. The van der Waals surface area contributed by atoms with Crippen molar-refractivity contribution in [2.75, 3.05) is 7.05 Å². The van der Waals surface area contributed by atoms with Gasteiger partial charge in [0.05, 0.1) is 5.56 Å². The van der Waals surface area contributed by atoms with E-state index in [-0.39, 0.29) is 16.5 Å². The molecule has 2 aliphatic carbocycles. The van der Waals surface area contributed by atoms with Crippen molar-refractivity contribution in [1.82, 2.24) is 15.0 Å². The molecule has 0 spiro atoms. The van der Waals surface area contributed by atoms with E-state index in [1.54, 1.807) is 0 Å². The summed E-state index contributed by atoms with van der Waals surface area (Å²) >= 11 is 0. The Hall–Kier alpha value is -1.47. The third-order valence-electron chi connectivity index (χ3n) is 5.04. The highest BCUT2D eigenvalue weighted by molar-refractivity contribution is 7.89. The molecule has 22 heavy (non-hydrogen) atoms. The molecule has 0 aromatic carbocycles. The summed E-state index contributed by atoms with van der Waals surface area (Å²) in [6, 6.07) is 2.87. The Kier molecular flexibility index (Phi) is 3.94. The summed E-state index contributed by atoms with van der Waals surface area (Å²) in [6.07, 6.45) is 8.21. The second-order valence-corrected chi connectivity index (χ2v) is 8.02. The van der Waals surface area contributed by atoms with Crippen LogP contribution >= 0.6 is 0 Å². The highest BCUT2D eigenvalue weighted by Crippen LogP contribution is 2.47. The first-order valence-electron chi connectivity index (χ1n) is 7.69. The molecule has 2 N–H and O–H groups in total. The van der Waals surface area contributed by atoms with Gasteiger partial charge in [0.15, 0.2) is 5.03 Å². The zero-order valence-electron chi connectivity index (χ0n) is 12.6. The third kappa shape index (κ3) is 2.63. The summed E-state index contributed by atoms with van der Waals surface area (Å²) in [5, 5.41) is 3.10. The molecule has 120 valence electrons. The summed E-state index contributed by atoms with van der Waals surface area (Å²) in [7, 11) is -2.24. The van der Waals surface area contributed by atoms with Crippen LogP contribution in [0.5, 0.6) is 0 Å². The zero-order chi connectivity index (χ0) is 15.8. The number of rotatable bonds is 5. The van der Waals surface area contributed by atoms with Crippen molar-refractivity contribution < 1.29 is 13.2 Å². The Labute approximate surface area is 130 Å². The van der Waals surface area contributed by atoms with E-state index in [2.05, 4.69) is 15.0 Å². The van der Waals surface area contributed by atoms with Crippen molar-refractivity contribution in [2.45, 2.75) is 49.1 Å². The maximum Gasteiger partial charge on any atom is 0.257 e. The van der Waals surface area contributed by atoms with Gasteiger partial charge in [-0.3, -0.25) is 4.79 Å². The normalized spacial score (nSPS) is 20.8. The van der Waals surface area contributed by atoms with Crippen molar-refractivity contribution in [3.8, 4) is 0 Å². The molecule has 2 fully saturated rings. The second-order valence-electron chi connectivity index (χ2n) is 6.18. The smallest absolute Gasteiger partial charge is 0.257 e. The van der Waals surface area contributed by atoms with Crippen molar-refractivity contribution in [2.24, 2.45) is 5.92 Å². The summed E-state index contributed by atoms with van der Waals surface area (Å²) in [5.74, 6) is 0.439. The standard InChI is InChI=1S/C15H21N3O3S/c1-16-22(20,21)13-7-6-11(10-17-13)14(19)18-15(8-3-9-15)12-4-2-5-12/h6-7,10,12,16H,2-5,8-9H2,1H3,(H,18,19). The lowest BCUT2D eigenvalue weighted by atomic mass is 9.61. The van der Waals surface area contributed by atoms with Crippen LogP contribution < -0.4 is 10.0 Å². The molecule has 0 bridgehead atoms. The number of nitrogens with zero attached hydrogens (tertiary/aromatic N) is 1. The molecule has 2 aliphatic rings. The van der Waals surface area contributed by atoms with Gasteiger partial charge in [-0.05, 0) is 57.2 Å². The van der Waals surface area contributed by atoms with Crippen LogP contribution in [-0.2, 0) is 10.0 Å². The third-order valence-corrected chi connectivity index (χ3v) is 6.37. The van der Waals surface area contributed by atoms with E-state index < -0.39 is 10.0 Å². The van der Waals surface area contributed by atoms with Gasteiger partial charge < -0.3 is 5.32 Å². The average molecular weight is 323 g/mol. The molecule has 0 saturated heterocycles. The molecule has 1 aromatic heterocycles. The molecule has 0 aliphatic heterocycles. The Bertz CT molecular complexity index is 662. The molecule has 6 nitrogen and oxygen atoms in total. The highest BCUT2D eigenvalue weighted by Gasteiger charge is 2.47. The first-order valence-corrected chi connectivity index (χ1v) is 9.17. The fourth-order valence-corrected chi connectivity index (χ4v) is 3.88. The first-order chi connectivity index (χ1) is 10.5. The number of carbonyl (C=O) groups is 1. The summed E-state index contributed by atoms with van der Waals surface area (Å²) in [4.78, 5) is 16.3. The SMILES string of the molecule is CNS(=O)(=O)c1ccc(C(=O)NC2(C3CCC3)CCC2)cn1.